The fraction of sp³-hybridized carbons (Fsp3) is 0.0769. The van der Waals surface area contributed by atoms with E-state index < -0.39 is 9.85 Å². The van der Waals surface area contributed by atoms with E-state index in [1.807, 2.05) is 60.7 Å². The normalized spacial score (nSPS) is 10.7. The lowest BCUT2D eigenvalue weighted by Gasteiger charge is -2.10. The molecule has 0 aromatic heterocycles. The predicted octanol–water partition coefficient (Wildman–Crippen LogP) is 6.84. The van der Waals surface area contributed by atoms with Crippen molar-refractivity contribution in [3.8, 4) is 0 Å². The zero-order chi connectivity index (χ0) is 23.2. The lowest BCUT2D eigenvalue weighted by Crippen LogP contribution is -2.01. The number of nitro groups is 2. The molecule has 0 heterocycles. The van der Waals surface area contributed by atoms with Gasteiger partial charge in [0.05, 0.1) is 19.6 Å². The minimum Gasteiger partial charge on any atom is -0.258 e. The number of rotatable bonds is 8. The summed E-state index contributed by atoms with van der Waals surface area (Å²) in [5, 5.41) is 24.0. The maximum atomic E-state index is 12.0. The molecule has 0 radical (unpaired) electrons. The van der Waals surface area contributed by atoms with E-state index in [9.17, 15) is 20.2 Å². The van der Waals surface area contributed by atoms with Crippen molar-refractivity contribution in [3.05, 3.63) is 140 Å². The first-order valence-corrected chi connectivity index (χ1v) is 11.1. The van der Waals surface area contributed by atoms with Crippen molar-refractivity contribution in [1.29, 1.82) is 0 Å². The highest BCUT2D eigenvalue weighted by Gasteiger charge is 2.25. The summed E-state index contributed by atoms with van der Waals surface area (Å²) in [6.45, 7) is 0. The predicted molar refractivity (Wildman–Crippen MR) is 129 cm³/mol. The van der Waals surface area contributed by atoms with Crippen LogP contribution in [0.25, 0.3) is 0 Å². The molecule has 0 atom stereocenters. The van der Waals surface area contributed by atoms with Crippen LogP contribution in [0.3, 0.4) is 0 Å². The van der Waals surface area contributed by atoms with Gasteiger partial charge in [-0.2, -0.15) is 0 Å². The number of hydrogen-bond acceptors (Lipinski definition) is 5. The molecule has 0 spiro atoms. The second-order valence-corrected chi connectivity index (χ2v) is 8.55. The van der Waals surface area contributed by atoms with E-state index in [-0.39, 0.29) is 11.4 Å². The van der Waals surface area contributed by atoms with Gasteiger partial charge in [0.2, 0.25) is 0 Å². The minimum atomic E-state index is -0.403. The third kappa shape index (κ3) is 5.27. The molecule has 0 amide bonds. The Kier molecular flexibility index (Phi) is 6.80. The van der Waals surface area contributed by atoms with Crippen LogP contribution in [0.1, 0.15) is 22.3 Å². The van der Waals surface area contributed by atoms with Gasteiger partial charge in [0.25, 0.3) is 11.4 Å². The Labute approximate surface area is 195 Å². The monoisotopic (exact) mass is 456 g/mol. The first-order valence-electron chi connectivity index (χ1n) is 10.3. The highest BCUT2D eigenvalue weighted by Crippen LogP contribution is 2.42. The second-order valence-electron chi connectivity index (χ2n) is 7.47. The van der Waals surface area contributed by atoms with Crippen molar-refractivity contribution in [2.75, 3.05) is 0 Å². The van der Waals surface area contributed by atoms with E-state index in [0.29, 0.717) is 33.8 Å². The third-order valence-electron chi connectivity index (χ3n) is 5.22. The molecule has 33 heavy (non-hydrogen) atoms. The van der Waals surface area contributed by atoms with Crippen molar-refractivity contribution in [3.63, 3.8) is 0 Å². The molecule has 0 bridgehead atoms. The summed E-state index contributed by atoms with van der Waals surface area (Å²) in [5.41, 5.74) is 3.01. The molecule has 164 valence electrons. The van der Waals surface area contributed by atoms with E-state index in [2.05, 4.69) is 0 Å². The molecule has 6 nitrogen and oxygen atoms in total. The third-order valence-corrected chi connectivity index (χ3v) is 6.32. The molecule has 0 unspecified atom stereocenters. The summed E-state index contributed by atoms with van der Waals surface area (Å²) in [5.74, 6) is 0. The van der Waals surface area contributed by atoms with Crippen LogP contribution in [0.15, 0.2) is 107 Å². The van der Waals surface area contributed by atoms with Crippen LogP contribution in [-0.4, -0.2) is 9.85 Å². The molecule has 0 saturated heterocycles. The Morgan fingerprint density at radius 3 is 1.30 bits per heavy atom. The number of nitro benzene ring substituents is 2. The standard InChI is InChI=1S/C26H20N2O4S/c29-27(30)25-21(17-19-9-3-1-4-10-19)13-7-15-23(25)33-24-16-8-14-22(26(24)28(31)32)18-20-11-5-2-6-12-20/h1-16H,17-18H2. The number of nitrogens with zero attached hydrogens (tertiary/aromatic N) is 2. The fourth-order valence-electron chi connectivity index (χ4n) is 3.75. The molecule has 0 aliphatic heterocycles. The van der Waals surface area contributed by atoms with Crippen molar-refractivity contribution < 1.29 is 9.85 Å². The largest absolute Gasteiger partial charge is 0.286 e. The van der Waals surface area contributed by atoms with Crippen LogP contribution < -0.4 is 0 Å². The van der Waals surface area contributed by atoms with Gasteiger partial charge < -0.3 is 0 Å². The van der Waals surface area contributed by atoms with Crippen LogP contribution in [0.4, 0.5) is 11.4 Å². The van der Waals surface area contributed by atoms with Crippen LogP contribution in [0, 0.1) is 20.2 Å². The Hall–Kier alpha value is -3.97. The van der Waals surface area contributed by atoms with Crippen LogP contribution in [-0.2, 0) is 12.8 Å². The van der Waals surface area contributed by atoms with Gasteiger partial charge in [0.1, 0.15) is 0 Å². The summed E-state index contributed by atoms with van der Waals surface area (Å²) in [7, 11) is 0. The summed E-state index contributed by atoms with van der Waals surface area (Å²) in [4.78, 5) is 24.0. The van der Waals surface area contributed by atoms with E-state index in [1.165, 1.54) is 0 Å². The molecular formula is C26H20N2O4S. The molecule has 0 fully saturated rings. The lowest BCUT2D eigenvalue weighted by atomic mass is 10.0. The molecule has 0 saturated carbocycles. The van der Waals surface area contributed by atoms with E-state index in [1.54, 1.807) is 36.4 Å². The van der Waals surface area contributed by atoms with E-state index >= 15 is 0 Å². The van der Waals surface area contributed by atoms with Gasteiger partial charge in [0, 0.05) is 24.0 Å². The molecule has 0 aliphatic carbocycles. The zero-order valence-electron chi connectivity index (χ0n) is 17.6. The molecule has 4 aromatic carbocycles. The average Bonchev–Trinajstić information content (AvgIpc) is 2.80. The Balaban J connectivity index is 1.73. The number of hydrogen-bond donors (Lipinski definition) is 0. The Morgan fingerprint density at radius 2 is 0.939 bits per heavy atom. The molecule has 7 heteroatoms. The zero-order valence-corrected chi connectivity index (χ0v) is 18.4. The summed E-state index contributed by atoms with van der Waals surface area (Å²) >= 11 is 1.06. The fourth-order valence-corrected chi connectivity index (χ4v) is 4.88. The van der Waals surface area contributed by atoms with Crippen molar-refractivity contribution in [2.45, 2.75) is 22.6 Å². The Bertz CT molecular complexity index is 1190. The van der Waals surface area contributed by atoms with Gasteiger partial charge in [-0.1, -0.05) is 96.7 Å². The van der Waals surface area contributed by atoms with E-state index in [0.717, 1.165) is 22.9 Å². The van der Waals surface area contributed by atoms with Crippen molar-refractivity contribution in [1.82, 2.24) is 0 Å². The lowest BCUT2D eigenvalue weighted by molar-refractivity contribution is -0.388. The smallest absolute Gasteiger partial charge is 0.258 e. The van der Waals surface area contributed by atoms with Gasteiger partial charge in [-0.3, -0.25) is 20.2 Å². The van der Waals surface area contributed by atoms with Crippen LogP contribution >= 0.6 is 11.8 Å². The number of benzene rings is 4. The molecule has 0 N–H and O–H groups in total. The van der Waals surface area contributed by atoms with Gasteiger partial charge in [-0.15, -0.1) is 0 Å². The maximum absolute atomic E-state index is 12.0. The topological polar surface area (TPSA) is 86.3 Å². The minimum absolute atomic E-state index is 0.0193. The Morgan fingerprint density at radius 1 is 0.545 bits per heavy atom. The average molecular weight is 457 g/mol. The van der Waals surface area contributed by atoms with Gasteiger partial charge in [-0.05, 0) is 23.3 Å². The van der Waals surface area contributed by atoms with Crippen molar-refractivity contribution in [2.24, 2.45) is 0 Å². The maximum Gasteiger partial charge on any atom is 0.286 e. The second kappa shape index (κ2) is 10.1. The van der Waals surface area contributed by atoms with Crippen LogP contribution in [0.2, 0.25) is 0 Å². The van der Waals surface area contributed by atoms with Gasteiger partial charge in [0.15, 0.2) is 0 Å². The highest BCUT2D eigenvalue weighted by molar-refractivity contribution is 7.99. The molecule has 0 aliphatic rings. The first-order chi connectivity index (χ1) is 16.0. The van der Waals surface area contributed by atoms with Crippen molar-refractivity contribution >= 4 is 23.1 Å². The highest BCUT2D eigenvalue weighted by atomic mass is 32.2. The van der Waals surface area contributed by atoms with Gasteiger partial charge in [-0.25, -0.2) is 0 Å². The molecular weight excluding hydrogens is 436 g/mol. The quantitative estimate of drug-likeness (QED) is 0.214. The van der Waals surface area contributed by atoms with Crippen LogP contribution in [0.5, 0.6) is 0 Å². The summed E-state index contributed by atoms with van der Waals surface area (Å²) in [6.07, 6.45) is 0.809. The van der Waals surface area contributed by atoms with Gasteiger partial charge >= 0.3 is 0 Å². The number of para-hydroxylation sites is 2. The van der Waals surface area contributed by atoms with E-state index in [4.69, 9.17) is 0 Å². The summed E-state index contributed by atoms with van der Waals surface area (Å²) in [6, 6.07) is 29.3. The SMILES string of the molecule is O=[N+]([O-])c1c(Cc2ccccc2)cccc1Sc1cccc(Cc2ccccc2)c1[N+](=O)[O-]. The summed E-state index contributed by atoms with van der Waals surface area (Å²) < 4.78 is 0. The molecule has 4 aromatic rings. The first kappa shape index (κ1) is 22.2. The molecule has 4 rings (SSSR count).